The molecular formula is C14H12N2O2S. The summed E-state index contributed by atoms with van der Waals surface area (Å²) in [6.45, 7) is 1.52. The van der Waals surface area contributed by atoms with E-state index in [2.05, 4.69) is 10.3 Å². The summed E-state index contributed by atoms with van der Waals surface area (Å²) >= 11 is 1.36. The normalized spacial score (nSPS) is 13.8. The molecule has 4 nitrogen and oxygen atoms in total. The van der Waals surface area contributed by atoms with Crippen LogP contribution in [0.5, 0.6) is 0 Å². The molecule has 0 atom stereocenters. The van der Waals surface area contributed by atoms with Crippen molar-refractivity contribution < 1.29 is 9.59 Å². The molecule has 0 fully saturated rings. The van der Waals surface area contributed by atoms with Crippen molar-refractivity contribution in [3.63, 3.8) is 0 Å². The number of aromatic nitrogens is 1. The highest BCUT2D eigenvalue weighted by Gasteiger charge is 2.16. The Labute approximate surface area is 114 Å². The van der Waals surface area contributed by atoms with Gasteiger partial charge >= 0.3 is 0 Å². The minimum atomic E-state index is -0.0125. The van der Waals surface area contributed by atoms with Gasteiger partial charge in [0.15, 0.2) is 10.8 Å². The fourth-order valence-corrected chi connectivity index (χ4v) is 2.84. The van der Waals surface area contributed by atoms with Gasteiger partial charge in [-0.05, 0) is 24.1 Å². The summed E-state index contributed by atoms with van der Waals surface area (Å²) in [5.74, 6) is 0.0502. The number of amides is 1. The summed E-state index contributed by atoms with van der Waals surface area (Å²) < 4.78 is 0. The van der Waals surface area contributed by atoms with Gasteiger partial charge in [-0.1, -0.05) is 6.07 Å². The third-order valence-corrected chi connectivity index (χ3v) is 4.04. The lowest BCUT2D eigenvalue weighted by atomic mass is 9.99. The lowest BCUT2D eigenvalue weighted by molar-refractivity contribution is -0.116. The van der Waals surface area contributed by atoms with E-state index in [1.165, 1.54) is 18.3 Å². The predicted molar refractivity (Wildman–Crippen MR) is 74.5 cm³/mol. The Kier molecular flexibility index (Phi) is 2.91. The van der Waals surface area contributed by atoms with Crippen molar-refractivity contribution in [2.24, 2.45) is 0 Å². The number of benzene rings is 1. The van der Waals surface area contributed by atoms with Gasteiger partial charge in [-0.15, -0.1) is 11.3 Å². The third kappa shape index (κ3) is 2.29. The molecule has 0 saturated heterocycles. The summed E-state index contributed by atoms with van der Waals surface area (Å²) in [4.78, 5) is 26.9. The Hall–Kier alpha value is -2.01. The summed E-state index contributed by atoms with van der Waals surface area (Å²) in [6.07, 6.45) is 1.27. The van der Waals surface area contributed by atoms with Crippen LogP contribution in [0.2, 0.25) is 0 Å². The van der Waals surface area contributed by atoms with Gasteiger partial charge in [-0.2, -0.15) is 0 Å². The molecule has 0 spiro atoms. The number of anilines is 1. The minimum absolute atomic E-state index is 0.0125. The SMILES string of the molecule is CC(=O)c1nc(-c2ccc3c(c2)CCC(=O)N3)cs1. The molecule has 2 aromatic rings. The fourth-order valence-electron chi connectivity index (χ4n) is 2.11. The molecule has 5 heteroatoms. The quantitative estimate of drug-likeness (QED) is 0.855. The number of thiazole rings is 1. The van der Waals surface area contributed by atoms with Crippen molar-refractivity contribution in [1.29, 1.82) is 0 Å². The van der Waals surface area contributed by atoms with E-state index in [-0.39, 0.29) is 11.7 Å². The average Bonchev–Trinajstić information content (AvgIpc) is 2.88. The van der Waals surface area contributed by atoms with E-state index < -0.39 is 0 Å². The zero-order valence-corrected chi connectivity index (χ0v) is 11.2. The number of carbonyl (C=O) groups is 2. The first-order valence-corrected chi connectivity index (χ1v) is 6.91. The molecule has 0 radical (unpaired) electrons. The maximum absolute atomic E-state index is 11.3. The van der Waals surface area contributed by atoms with Crippen LogP contribution in [0.1, 0.15) is 28.7 Å². The number of Topliss-reactive ketones (excluding diaryl/α,β-unsaturated/α-hetero) is 1. The van der Waals surface area contributed by atoms with Crippen molar-refractivity contribution in [1.82, 2.24) is 4.98 Å². The van der Waals surface area contributed by atoms with Crippen molar-refractivity contribution in [3.8, 4) is 11.3 Å². The van der Waals surface area contributed by atoms with Crippen LogP contribution >= 0.6 is 11.3 Å². The number of aryl methyl sites for hydroxylation is 1. The number of carbonyl (C=O) groups excluding carboxylic acids is 2. The molecule has 0 aliphatic carbocycles. The van der Waals surface area contributed by atoms with Gasteiger partial charge in [0.2, 0.25) is 5.91 Å². The highest BCUT2D eigenvalue weighted by molar-refractivity contribution is 7.12. The zero-order valence-electron chi connectivity index (χ0n) is 10.4. The van der Waals surface area contributed by atoms with Gasteiger partial charge in [-0.3, -0.25) is 9.59 Å². The predicted octanol–water partition coefficient (Wildman–Crippen LogP) is 2.90. The molecule has 19 heavy (non-hydrogen) atoms. The molecule has 0 bridgehead atoms. The Bertz CT molecular complexity index is 676. The Morgan fingerprint density at radius 3 is 2.95 bits per heavy atom. The van der Waals surface area contributed by atoms with E-state index in [0.717, 1.165) is 28.9 Å². The first kappa shape index (κ1) is 12.0. The number of rotatable bonds is 2. The van der Waals surface area contributed by atoms with Crippen molar-refractivity contribution in [3.05, 3.63) is 34.2 Å². The summed E-state index contributed by atoms with van der Waals surface area (Å²) in [5.41, 5.74) is 3.80. The second kappa shape index (κ2) is 4.59. The summed E-state index contributed by atoms with van der Waals surface area (Å²) in [7, 11) is 0. The van der Waals surface area contributed by atoms with E-state index in [1.807, 2.05) is 23.6 Å². The molecule has 0 unspecified atom stereocenters. The first-order chi connectivity index (χ1) is 9.13. The van der Waals surface area contributed by atoms with E-state index in [0.29, 0.717) is 11.4 Å². The lowest BCUT2D eigenvalue weighted by Crippen LogP contribution is -2.18. The van der Waals surface area contributed by atoms with Gasteiger partial charge in [0.25, 0.3) is 0 Å². The van der Waals surface area contributed by atoms with Crippen LogP contribution in [-0.2, 0) is 11.2 Å². The molecule has 2 heterocycles. The molecule has 3 rings (SSSR count). The molecule has 1 aromatic carbocycles. The van der Waals surface area contributed by atoms with Crippen LogP contribution in [0.3, 0.4) is 0 Å². The smallest absolute Gasteiger partial charge is 0.224 e. The van der Waals surface area contributed by atoms with Crippen LogP contribution in [0.25, 0.3) is 11.3 Å². The van der Waals surface area contributed by atoms with Crippen LogP contribution in [0.15, 0.2) is 23.6 Å². The van der Waals surface area contributed by atoms with E-state index in [1.54, 1.807) is 0 Å². The monoisotopic (exact) mass is 272 g/mol. The number of fused-ring (bicyclic) bond motifs is 1. The second-order valence-corrected chi connectivity index (χ2v) is 5.37. The summed E-state index contributed by atoms with van der Waals surface area (Å²) in [6, 6.07) is 5.85. The number of hydrogen-bond donors (Lipinski definition) is 1. The molecule has 1 amide bonds. The maximum Gasteiger partial charge on any atom is 0.224 e. The zero-order chi connectivity index (χ0) is 13.4. The number of nitrogens with zero attached hydrogens (tertiary/aromatic N) is 1. The van der Waals surface area contributed by atoms with Gasteiger partial charge < -0.3 is 5.32 Å². The Morgan fingerprint density at radius 2 is 2.21 bits per heavy atom. The van der Waals surface area contributed by atoms with Crippen molar-refractivity contribution in [2.45, 2.75) is 19.8 Å². The highest BCUT2D eigenvalue weighted by Crippen LogP contribution is 2.29. The van der Waals surface area contributed by atoms with E-state index in [4.69, 9.17) is 0 Å². The Balaban J connectivity index is 1.97. The molecule has 1 aliphatic rings. The fraction of sp³-hybridized carbons (Fsp3) is 0.214. The molecule has 0 saturated carbocycles. The largest absolute Gasteiger partial charge is 0.326 e. The van der Waals surface area contributed by atoms with Gasteiger partial charge in [0.1, 0.15) is 0 Å². The van der Waals surface area contributed by atoms with Crippen LogP contribution in [0.4, 0.5) is 5.69 Å². The topological polar surface area (TPSA) is 59.1 Å². The molecule has 1 aromatic heterocycles. The second-order valence-electron chi connectivity index (χ2n) is 4.51. The van der Waals surface area contributed by atoms with E-state index >= 15 is 0 Å². The number of nitrogens with one attached hydrogen (secondary N) is 1. The molecular weight excluding hydrogens is 260 g/mol. The minimum Gasteiger partial charge on any atom is -0.326 e. The van der Waals surface area contributed by atoms with Crippen LogP contribution < -0.4 is 5.32 Å². The number of hydrogen-bond acceptors (Lipinski definition) is 4. The first-order valence-electron chi connectivity index (χ1n) is 6.03. The van der Waals surface area contributed by atoms with Crippen LogP contribution in [0, 0.1) is 0 Å². The average molecular weight is 272 g/mol. The van der Waals surface area contributed by atoms with Gasteiger partial charge in [0.05, 0.1) is 5.69 Å². The standard InChI is InChI=1S/C14H12N2O2S/c1-8(17)14-16-12(7-19-14)10-2-4-11-9(6-10)3-5-13(18)15-11/h2,4,6-7H,3,5H2,1H3,(H,15,18). The Morgan fingerprint density at radius 1 is 1.37 bits per heavy atom. The van der Waals surface area contributed by atoms with Crippen LogP contribution in [-0.4, -0.2) is 16.7 Å². The van der Waals surface area contributed by atoms with Crippen molar-refractivity contribution in [2.75, 3.05) is 5.32 Å². The maximum atomic E-state index is 11.3. The molecule has 96 valence electrons. The van der Waals surface area contributed by atoms with Crippen molar-refractivity contribution >= 4 is 28.7 Å². The number of ketones is 1. The van der Waals surface area contributed by atoms with Gasteiger partial charge in [-0.25, -0.2) is 4.98 Å². The lowest BCUT2D eigenvalue weighted by Gasteiger charge is -2.17. The third-order valence-electron chi connectivity index (χ3n) is 3.10. The molecule has 1 aliphatic heterocycles. The van der Waals surface area contributed by atoms with Gasteiger partial charge in [0, 0.05) is 30.0 Å². The van der Waals surface area contributed by atoms with E-state index in [9.17, 15) is 9.59 Å². The summed E-state index contributed by atoms with van der Waals surface area (Å²) in [5, 5.41) is 5.27. The molecule has 1 N–H and O–H groups in total. The highest BCUT2D eigenvalue weighted by atomic mass is 32.1.